The van der Waals surface area contributed by atoms with Gasteiger partial charge in [-0.1, -0.05) is 12.1 Å². The summed E-state index contributed by atoms with van der Waals surface area (Å²) in [5.41, 5.74) is 1.05. The summed E-state index contributed by atoms with van der Waals surface area (Å²) in [5, 5.41) is 9.08. The van der Waals surface area contributed by atoms with E-state index in [1.165, 1.54) is 0 Å². The van der Waals surface area contributed by atoms with Gasteiger partial charge in [0.2, 0.25) is 0 Å². The number of carboxylic acids is 1. The van der Waals surface area contributed by atoms with Crippen LogP contribution in [-0.4, -0.2) is 41.5 Å². The van der Waals surface area contributed by atoms with E-state index in [-0.39, 0.29) is 30.8 Å². The monoisotopic (exact) mass is 531 g/mol. The van der Waals surface area contributed by atoms with Crippen LogP contribution < -0.4 is 9.04 Å². The number of halogens is 3. The molecule has 3 heterocycles. The van der Waals surface area contributed by atoms with E-state index in [4.69, 9.17) is 9.84 Å². The van der Waals surface area contributed by atoms with Crippen molar-refractivity contribution in [3.05, 3.63) is 78.6 Å². The van der Waals surface area contributed by atoms with Crippen molar-refractivity contribution in [3.63, 3.8) is 0 Å². The first-order chi connectivity index (χ1) is 17.5. The molecule has 8 nitrogen and oxygen atoms in total. The fourth-order valence-corrected chi connectivity index (χ4v) is 5.82. The maximum Gasteiger partial charge on any atom is 0.416 e. The Bertz CT molecular complexity index is 1600. The largest absolute Gasteiger partial charge is 0.486 e. The minimum Gasteiger partial charge on any atom is -0.486 e. The molecule has 4 aromatic rings. The van der Waals surface area contributed by atoms with Crippen molar-refractivity contribution in [1.82, 2.24) is 9.38 Å². The number of hydrogen-bond acceptors (Lipinski definition) is 5. The summed E-state index contributed by atoms with van der Waals surface area (Å²) < 4.78 is 76.1. The van der Waals surface area contributed by atoms with Crippen LogP contribution in [0.15, 0.2) is 78.0 Å². The van der Waals surface area contributed by atoms with Crippen molar-refractivity contribution in [1.29, 1.82) is 0 Å². The highest BCUT2D eigenvalue weighted by atomic mass is 32.2. The van der Waals surface area contributed by atoms with Crippen LogP contribution in [0.1, 0.15) is 18.4 Å². The molecule has 0 amide bonds. The maximum atomic E-state index is 13.7. The Balaban J connectivity index is 1.62. The van der Waals surface area contributed by atoms with Gasteiger partial charge in [0, 0.05) is 24.4 Å². The molecule has 1 atom stereocenters. The summed E-state index contributed by atoms with van der Waals surface area (Å²) in [7, 11) is -4.47. The molecule has 0 bridgehead atoms. The number of anilines is 1. The topological polar surface area (TPSA) is 101 Å². The summed E-state index contributed by atoms with van der Waals surface area (Å²) in [6, 6.07) is 13.8. The Morgan fingerprint density at radius 2 is 1.89 bits per heavy atom. The minimum absolute atomic E-state index is 0.0134. The SMILES string of the molecule is O=C(O)CCC1CN(S(=O)(=O)c2cccc(C(F)(F)F)c2)c2cc(-c3cccc4nccn34)ccc2O1. The molecule has 2 aromatic carbocycles. The van der Waals surface area contributed by atoms with E-state index in [0.717, 1.165) is 22.5 Å². The standard InChI is InChI=1S/C25H20F3N3O5S/c26-25(27,28)17-3-1-4-19(14-17)37(34,35)31-15-18(8-10-24(32)33)36-22-9-7-16(13-21(22)31)20-5-2-6-23-29-11-12-30(20)23/h1-7,9,11-14,18H,8,10,15H2,(H,32,33). The first-order valence-corrected chi connectivity index (χ1v) is 12.6. The van der Waals surface area contributed by atoms with Crippen LogP contribution in [0.4, 0.5) is 18.9 Å². The third-order valence-electron chi connectivity index (χ3n) is 6.04. The molecular weight excluding hydrogens is 511 g/mol. The van der Waals surface area contributed by atoms with Gasteiger partial charge >= 0.3 is 12.1 Å². The first kappa shape index (κ1) is 24.6. The lowest BCUT2D eigenvalue weighted by Gasteiger charge is -2.35. The van der Waals surface area contributed by atoms with Gasteiger partial charge in [-0.3, -0.25) is 13.5 Å². The van der Waals surface area contributed by atoms with Gasteiger partial charge in [-0.25, -0.2) is 13.4 Å². The van der Waals surface area contributed by atoms with Crippen LogP contribution in [-0.2, 0) is 21.0 Å². The normalized spacial score (nSPS) is 15.9. The second-order valence-corrected chi connectivity index (χ2v) is 10.3. The van der Waals surface area contributed by atoms with Crippen molar-refractivity contribution in [3.8, 4) is 17.0 Å². The van der Waals surface area contributed by atoms with Crippen molar-refractivity contribution in [2.24, 2.45) is 0 Å². The van der Waals surface area contributed by atoms with Crippen molar-refractivity contribution >= 4 is 27.3 Å². The van der Waals surface area contributed by atoms with Gasteiger partial charge in [-0.15, -0.1) is 0 Å². The lowest BCUT2D eigenvalue weighted by Crippen LogP contribution is -2.43. The number of rotatable bonds is 6. The quantitative estimate of drug-likeness (QED) is 0.382. The van der Waals surface area contributed by atoms with Gasteiger partial charge in [0.05, 0.1) is 28.4 Å². The van der Waals surface area contributed by atoms with E-state index in [2.05, 4.69) is 4.98 Å². The summed E-state index contributed by atoms with van der Waals surface area (Å²) in [6.45, 7) is -0.266. The average Bonchev–Trinajstić information content (AvgIpc) is 3.35. The molecule has 0 spiro atoms. The van der Waals surface area contributed by atoms with Gasteiger partial charge in [0.25, 0.3) is 10.0 Å². The van der Waals surface area contributed by atoms with Crippen LogP contribution in [0.2, 0.25) is 0 Å². The Kier molecular flexibility index (Phi) is 6.06. The van der Waals surface area contributed by atoms with Gasteiger partial charge in [0.1, 0.15) is 17.5 Å². The Morgan fingerprint density at radius 3 is 2.65 bits per heavy atom. The minimum atomic E-state index is -4.73. The van der Waals surface area contributed by atoms with Crippen molar-refractivity contribution < 1.29 is 36.2 Å². The lowest BCUT2D eigenvalue weighted by molar-refractivity contribution is -0.138. The summed E-state index contributed by atoms with van der Waals surface area (Å²) in [4.78, 5) is 14.8. The van der Waals surface area contributed by atoms with Crippen molar-refractivity contribution in [2.75, 3.05) is 10.8 Å². The number of carboxylic acid groups (broad SMARTS) is 1. The summed E-state index contributed by atoms with van der Waals surface area (Å²) in [5.74, 6) is -0.899. The fraction of sp³-hybridized carbons (Fsp3) is 0.200. The van der Waals surface area contributed by atoms with Gasteiger partial charge in [-0.2, -0.15) is 13.2 Å². The van der Waals surface area contributed by atoms with E-state index in [0.29, 0.717) is 23.0 Å². The molecular formula is C25H20F3N3O5S. The number of alkyl halides is 3. The zero-order valence-corrected chi connectivity index (χ0v) is 19.9. The molecule has 1 aliphatic heterocycles. The Hall–Kier alpha value is -4.06. The van der Waals surface area contributed by atoms with Crippen LogP contribution >= 0.6 is 0 Å². The summed E-state index contributed by atoms with van der Waals surface area (Å²) in [6.07, 6.45) is -2.42. The number of nitrogens with zero attached hydrogens (tertiary/aromatic N) is 3. The second kappa shape index (κ2) is 9.11. The van der Waals surface area contributed by atoms with Crippen LogP contribution in [0.3, 0.4) is 0 Å². The molecule has 0 fully saturated rings. The van der Waals surface area contributed by atoms with Crippen molar-refractivity contribution in [2.45, 2.75) is 30.0 Å². The molecule has 192 valence electrons. The highest BCUT2D eigenvalue weighted by Crippen LogP contribution is 2.41. The molecule has 0 saturated carbocycles. The van der Waals surface area contributed by atoms with E-state index < -0.39 is 38.7 Å². The predicted octanol–water partition coefficient (Wildman–Crippen LogP) is 4.84. The van der Waals surface area contributed by atoms with E-state index >= 15 is 0 Å². The zero-order valence-electron chi connectivity index (χ0n) is 19.1. The molecule has 2 aromatic heterocycles. The number of pyridine rings is 1. The van der Waals surface area contributed by atoms with Crippen LogP contribution in [0.5, 0.6) is 5.75 Å². The summed E-state index contributed by atoms with van der Waals surface area (Å²) >= 11 is 0. The van der Waals surface area contributed by atoms with E-state index in [1.807, 2.05) is 16.5 Å². The Morgan fingerprint density at radius 1 is 1.11 bits per heavy atom. The number of fused-ring (bicyclic) bond motifs is 2. The number of benzene rings is 2. The number of sulfonamides is 1. The van der Waals surface area contributed by atoms with Crippen LogP contribution in [0, 0.1) is 0 Å². The molecule has 5 rings (SSSR count). The smallest absolute Gasteiger partial charge is 0.416 e. The highest BCUT2D eigenvalue weighted by Gasteiger charge is 2.37. The van der Waals surface area contributed by atoms with E-state index in [9.17, 15) is 26.4 Å². The molecule has 1 N–H and O–H groups in total. The number of ether oxygens (including phenoxy) is 1. The highest BCUT2D eigenvalue weighted by molar-refractivity contribution is 7.92. The molecule has 1 aliphatic rings. The number of aromatic nitrogens is 2. The second-order valence-electron chi connectivity index (χ2n) is 8.48. The fourth-order valence-electron chi connectivity index (χ4n) is 4.28. The zero-order chi connectivity index (χ0) is 26.4. The molecule has 0 radical (unpaired) electrons. The van der Waals surface area contributed by atoms with Gasteiger partial charge < -0.3 is 9.84 Å². The van der Waals surface area contributed by atoms with Gasteiger partial charge in [0.15, 0.2) is 0 Å². The maximum absolute atomic E-state index is 13.7. The predicted molar refractivity (Wildman–Crippen MR) is 128 cm³/mol. The molecule has 37 heavy (non-hydrogen) atoms. The number of imidazole rings is 1. The van der Waals surface area contributed by atoms with Crippen LogP contribution in [0.25, 0.3) is 16.9 Å². The lowest BCUT2D eigenvalue weighted by atomic mass is 10.1. The number of aliphatic carboxylic acids is 1. The molecule has 0 aliphatic carbocycles. The average molecular weight is 532 g/mol. The van der Waals surface area contributed by atoms with Gasteiger partial charge in [-0.05, 0) is 55.0 Å². The third-order valence-corrected chi connectivity index (χ3v) is 7.82. The number of carbonyl (C=O) groups is 1. The molecule has 12 heteroatoms. The first-order valence-electron chi connectivity index (χ1n) is 11.2. The van der Waals surface area contributed by atoms with E-state index in [1.54, 1.807) is 36.7 Å². The molecule has 0 saturated heterocycles. The Labute approximate surface area is 209 Å². The third kappa shape index (κ3) is 4.71. The molecule has 1 unspecified atom stereocenters. The number of hydrogen-bond donors (Lipinski definition) is 1.